The molecular weight excluding hydrogens is 334 g/mol. The minimum absolute atomic E-state index is 0.456. The fourth-order valence-electron chi connectivity index (χ4n) is 1.21. The van der Waals surface area contributed by atoms with E-state index in [1.165, 1.54) is 0 Å². The molecule has 0 heterocycles. The second kappa shape index (κ2) is 7.65. The van der Waals surface area contributed by atoms with Gasteiger partial charge in [0.1, 0.15) is 0 Å². The number of halogens is 4. The van der Waals surface area contributed by atoms with Crippen molar-refractivity contribution in [3.8, 4) is 5.75 Å². The molecule has 1 aromatic rings. The van der Waals surface area contributed by atoms with Crippen LogP contribution in [0.1, 0.15) is 19.3 Å². The van der Waals surface area contributed by atoms with Crippen LogP contribution >= 0.6 is 50.7 Å². The van der Waals surface area contributed by atoms with E-state index >= 15 is 0 Å². The normalized spacial score (nSPS) is 10.5. The Labute approximate surface area is 119 Å². The van der Waals surface area contributed by atoms with Crippen LogP contribution in [0.15, 0.2) is 12.1 Å². The van der Waals surface area contributed by atoms with Gasteiger partial charge in [-0.15, -0.1) is 0 Å². The van der Waals surface area contributed by atoms with Crippen molar-refractivity contribution >= 4 is 50.7 Å². The summed E-state index contributed by atoms with van der Waals surface area (Å²) >= 11 is 21.1. The Morgan fingerprint density at radius 1 is 1.00 bits per heavy atom. The monoisotopic (exact) mass is 344 g/mol. The number of rotatable bonds is 6. The summed E-state index contributed by atoms with van der Waals surface area (Å²) in [5, 5.41) is 2.45. The van der Waals surface area contributed by atoms with Crippen molar-refractivity contribution in [3.05, 3.63) is 27.2 Å². The molecule has 1 nitrogen and oxygen atoms in total. The topological polar surface area (TPSA) is 9.23 Å². The molecule has 0 radical (unpaired) electrons. The molecule has 0 aliphatic carbocycles. The fourth-order valence-corrected chi connectivity index (χ4v) is 2.54. The molecule has 1 rings (SSSR count). The number of ether oxygens (including phenoxy) is 1. The number of benzene rings is 1. The second-order valence-corrected chi connectivity index (χ2v) is 5.34. The summed E-state index contributed by atoms with van der Waals surface area (Å²) in [5.41, 5.74) is 0. The molecule has 90 valence electrons. The summed E-state index contributed by atoms with van der Waals surface area (Å²) in [7, 11) is 0. The van der Waals surface area contributed by atoms with Gasteiger partial charge in [0.2, 0.25) is 0 Å². The molecule has 0 unspecified atom stereocenters. The van der Waals surface area contributed by atoms with Crippen LogP contribution in [0.3, 0.4) is 0 Å². The van der Waals surface area contributed by atoms with Gasteiger partial charge in [0.15, 0.2) is 5.75 Å². The van der Waals surface area contributed by atoms with Crippen LogP contribution in [0.5, 0.6) is 5.75 Å². The largest absolute Gasteiger partial charge is 0.490 e. The summed E-state index contributed by atoms with van der Waals surface area (Å²) in [6.45, 7) is 0.619. The number of hydrogen-bond acceptors (Lipinski definition) is 1. The van der Waals surface area contributed by atoms with Crippen molar-refractivity contribution in [2.75, 3.05) is 11.9 Å². The lowest BCUT2D eigenvalue weighted by Gasteiger charge is -2.09. The highest BCUT2D eigenvalue weighted by Gasteiger charge is 2.08. The summed E-state index contributed by atoms with van der Waals surface area (Å²) in [4.78, 5) is 0. The summed E-state index contributed by atoms with van der Waals surface area (Å²) in [5.74, 6) is 0.520. The molecule has 0 atom stereocenters. The highest BCUT2D eigenvalue weighted by Crippen LogP contribution is 2.35. The third kappa shape index (κ3) is 4.70. The molecule has 0 spiro atoms. The second-order valence-electron chi connectivity index (χ2n) is 3.30. The quantitative estimate of drug-likeness (QED) is 0.482. The van der Waals surface area contributed by atoms with Crippen molar-refractivity contribution in [3.63, 3.8) is 0 Å². The van der Waals surface area contributed by atoms with Crippen LogP contribution in [-0.4, -0.2) is 11.9 Å². The molecule has 5 heteroatoms. The van der Waals surface area contributed by atoms with E-state index in [2.05, 4.69) is 15.9 Å². The van der Waals surface area contributed by atoms with Gasteiger partial charge in [0, 0.05) is 10.4 Å². The standard InChI is InChI=1S/C11H12BrCl3O/c12-4-2-1-3-5-16-11-9(14)6-8(13)7-10(11)15/h6-7H,1-5H2. The Morgan fingerprint density at radius 3 is 2.19 bits per heavy atom. The van der Waals surface area contributed by atoms with Gasteiger partial charge < -0.3 is 4.74 Å². The van der Waals surface area contributed by atoms with Gasteiger partial charge in [0.25, 0.3) is 0 Å². The zero-order chi connectivity index (χ0) is 12.0. The zero-order valence-electron chi connectivity index (χ0n) is 8.61. The van der Waals surface area contributed by atoms with Crippen LogP contribution < -0.4 is 4.74 Å². The first-order valence-electron chi connectivity index (χ1n) is 4.98. The first-order valence-corrected chi connectivity index (χ1v) is 7.24. The molecule has 0 saturated heterocycles. The number of alkyl halides is 1. The van der Waals surface area contributed by atoms with Gasteiger partial charge >= 0.3 is 0 Å². The number of unbranched alkanes of at least 4 members (excludes halogenated alkanes) is 2. The van der Waals surface area contributed by atoms with E-state index in [1.54, 1.807) is 12.1 Å². The smallest absolute Gasteiger partial charge is 0.156 e. The maximum Gasteiger partial charge on any atom is 0.156 e. The molecule has 0 aliphatic heterocycles. The zero-order valence-corrected chi connectivity index (χ0v) is 12.5. The van der Waals surface area contributed by atoms with Crippen LogP contribution in [0.2, 0.25) is 15.1 Å². The molecular formula is C11H12BrCl3O. The first kappa shape index (κ1) is 14.4. The predicted molar refractivity (Wildman–Crippen MR) is 74.6 cm³/mol. The van der Waals surface area contributed by atoms with Crippen molar-refractivity contribution < 1.29 is 4.74 Å². The highest BCUT2D eigenvalue weighted by atomic mass is 79.9. The van der Waals surface area contributed by atoms with Crippen LogP contribution in [0.4, 0.5) is 0 Å². The minimum atomic E-state index is 0.456. The van der Waals surface area contributed by atoms with E-state index in [0.29, 0.717) is 27.4 Å². The average Bonchev–Trinajstić information content (AvgIpc) is 2.20. The summed E-state index contributed by atoms with van der Waals surface area (Å²) in [6.07, 6.45) is 3.25. The Morgan fingerprint density at radius 2 is 1.62 bits per heavy atom. The lowest BCUT2D eigenvalue weighted by Crippen LogP contribution is -1.98. The molecule has 0 aliphatic rings. The molecule has 1 aromatic carbocycles. The predicted octanol–water partition coefficient (Wildman–Crippen LogP) is 5.59. The molecule has 16 heavy (non-hydrogen) atoms. The van der Waals surface area contributed by atoms with Crippen molar-refractivity contribution in [1.29, 1.82) is 0 Å². The van der Waals surface area contributed by atoms with Gasteiger partial charge in [-0.05, 0) is 31.4 Å². The average molecular weight is 346 g/mol. The summed E-state index contributed by atoms with van der Waals surface area (Å²) in [6, 6.07) is 3.26. The van der Waals surface area contributed by atoms with E-state index in [4.69, 9.17) is 39.5 Å². The van der Waals surface area contributed by atoms with Gasteiger partial charge in [-0.2, -0.15) is 0 Å². The van der Waals surface area contributed by atoms with Gasteiger partial charge in [-0.1, -0.05) is 50.7 Å². The lowest BCUT2D eigenvalue weighted by molar-refractivity contribution is 0.307. The first-order chi connectivity index (χ1) is 7.65. The molecule has 0 bridgehead atoms. The Hall–Kier alpha value is 0.370. The Bertz CT molecular complexity index is 321. The Balaban J connectivity index is 2.47. The van der Waals surface area contributed by atoms with Crippen molar-refractivity contribution in [2.24, 2.45) is 0 Å². The SMILES string of the molecule is Clc1cc(Cl)c(OCCCCCBr)c(Cl)c1. The van der Waals surface area contributed by atoms with Gasteiger partial charge in [0.05, 0.1) is 16.7 Å². The maximum absolute atomic E-state index is 5.97. The third-order valence-corrected chi connectivity index (χ3v) is 3.33. The van der Waals surface area contributed by atoms with E-state index in [-0.39, 0.29) is 0 Å². The highest BCUT2D eigenvalue weighted by molar-refractivity contribution is 9.09. The van der Waals surface area contributed by atoms with E-state index in [0.717, 1.165) is 24.6 Å². The van der Waals surface area contributed by atoms with Crippen LogP contribution in [0, 0.1) is 0 Å². The van der Waals surface area contributed by atoms with Crippen LogP contribution in [0.25, 0.3) is 0 Å². The van der Waals surface area contributed by atoms with E-state index < -0.39 is 0 Å². The van der Waals surface area contributed by atoms with Crippen LogP contribution in [-0.2, 0) is 0 Å². The third-order valence-electron chi connectivity index (χ3n) is 1.99. The van der Waals surface area contributed by atoms with E-state index in [1.807, 2.05) is 0 Å². The fraction of sp³-hybridized carbons (Fsp3) is 0.455. The van der Waals surface area contributed by atoms with Crippen molar-refractivity contribution in [1.82, 2.24) is 0 Å². The number of hydrogen-bond donors (Lipinski definition) is 0. The van der Waals surface area contributed by atoms with Gasteiger partial charge in [-0.25, -0.2) is 0 Å². The lowest BCUT2D eigenvalue weighted by atomic mass is 10.3. The maximum atomic E-state index is 5.97. The molecule has 0 N–H and O–H groups in total. The van der Waals surface area contributed by atoms with Gasteiger partial charge in [-0.3, -0.25) is 0 Å². The van der Waals surface area contributed by atoms with E-state index in [9.17, 15) is 0 Å². The minimum Gasteiger partial charge on any atom is -0.490 e. The molecule has 0 fully saturated rings. The van der Waals surface area contributed by atoms with Crippen molar-refractivity contribution in [2.45, 2.75) is 19.3 Å². The Kier molecular flexibility index (Phi) is 6.90. The summed E-state index contributed by atoms with van der Waals surface area (Å²) < 4.78 is 5.53. The molecule has 0 amide bonds. The molecule has 0 saturated carbocycles. The molecule has 0 aromatic heterocycles.